The summed E-state index contributed by atoms with van der Waals surface area (Å²) in [5.74, 6) is 0. The van der Waals surface area contributed by atoms with Crippen molar-refractivity contribution in [2.24, 2.45) is 0 Å². The summed E-state index contributed by atoms with van der Waals surface area (Å²) in [6.45, 7) is 25.1. The quantitative estimate of drug-likeness (QED) is 0.0217. The Morgan fingerprint density at radius 1 is 0.290 bits per heavy atom. The van der Waals surface area contributed by atoms with Crippen molar-refractivity contribution >= 4 is 91.6 Å². The minimum absolute atomic E-state index is 0.0715. The summed E-state index contributed by atoms with van der Waals surface area (Å²) in [5, 5.41) is 20.3. The van der Waals surface area contributed by atoms with Gasteiger partial charge in [-0.3, -0.25) is 0 Å². The van der Waals surface area contributed by atoms with Gasteiger partial charge in [-0.1, -0.05) is 342 Å². The molecule has 0 fully saturated rings. The van der Waals surface area contributed by atoms with Gasteiger partial charge in [0, 0.05) is 85.3 Å². The zero-order chi connectivity index (χ0) is 85.7. The molecule has 0 N–H and O–H groups in total. The van der Waals surface area contributed by atoms with Gasteiger partial charge < -0.3 is 9.80 Å². The Hall–Kier alpha value is -10.4. The first-order valence-electron chi connectivity index (χ1n) is 47.0. The highest BCUT2D eigenvalue weighted by molar-refractivity contribution is 7.29. The van der Waals surface area contributed by atoms with Crippen molar-refractivity contribution in [2.45, 2.75) is 270 Å². The Morgan fingerprint density at radius 2 is 0.565 bits per heavy atom. The third kappa shape index (κ3) is 21.6. The molecule has 8 aromatic carbocycles. The SMILES string of the molecule is [C-]#[N+]/C(C#N)=C\c1ccc(-c2cc(-c3ccc4c(c3)C(CCCCCCCCCC)(CCCCCCCCCC)c3cc(N(c5ccccc5)c5ccccc5)ccc3-4)c(-c3sc(-c4ccc(/C=C(\C#N)[N+]#[C-])s4)cc3-c3ccc4c(c3)C(CCCCCCCCCC)(CCCCCCCCCC)c3cc(N(c5ccccc5)c5ccccc5)ccc3-4)s2)s1. The van der Waals surface area contributed by atoms with Gasteiger partial charge >= 0.3 is 0 Å². The maximum absolute atomic E-state index is 10.1. The molecule has 0 radical (unpaired) electrons. The molecule has 0 saturated carbocycles. The summed E-state index contributed by atoms with van der Waals surface area (Å²) in [4.78, 5) is 20.8. The molecule has 6 nitrogen and oxygen atoms in total. The first kappa shape index (κ1) is 89.9. The number of nitriles is 2. The number of para-hydroxylation sites is 4. The van der Waals surface area contributed by atoms with Gasteiger partial charge in [-0.05, 0) is 215 Å². The van der Waals surface area contributed by atoms with E-state index in [-0.39, 0.29) is 22.2 Å². The molecule has 4 heterocycles. The molecule has 0 spiro atoms. The van der Waals surface area contributed by atoms with Crippen LogP contribution in [0.4, 0.5) is 34.1 Å². The number of unbranched alkanes of at least 4 members (excludes halogenated alkanes) is 28. The van der Waals surface area contributed by atoms with Crippen LogP contribution >= 0.6 is 45.3 Å². The van der Waals surface area contributed by atoms with Crippen LogP contribution in [0.15, 0.2) is 242 Å². The largest absolute Gasteiger partial charge is 0.310 e. The average Bonchev–Trinajstić information content (AvgIpc) is 1.56. The summed E-state index contributed by atoms with van der Waals surface area (Å²) < 4.78 is 0. The molecule has 14 rings (SSSR count). The van der Waals surface area contributed by atoms with E-state index in [4.69, 9.17) is 13.1 Å². The van der Waals surface area contributed by atoms with E-state index in [2.05, 4.69) is 290 Å². The van der Waals surface area contributed by atoms with Crippen LogP contribution in [0.3, 0.4) is 0 Å². The maximum atomic E-state index is 10.1. The number of fused-ring (bicyclic) bond motifs is 6. The van der Waals surface area contributed by atoms with Gasteiger partial charge in [-0.25, -0.2) is 20.2 Å². The standard InChI is InChI=1S/C114H124N6S4/c1-7-11-15-19-23-27-31-47-71-113(72-48-32-28-24-20-16-12-8-2)103-75-85(59-65-97(103)99-67-61-93(79-105(99)113)119(89-51-39-35-40-52-89)90-53-41-36-42-54-90)101-81-109(107-69-63-95(121-107)77-87(83-115)117-5)123-111(101)112-102(82-110(124-112)108-70-64-96(122-108)78-88(84-116)118-6)86-60-66-98-100-68-62-94(120(91-55-43-37-44-56-91)92-57-45-38-46-58-92)80-106(100)114(104(98)76-86,73-49-33-29-25-21-17-13-9-3)74-50-34-30-26-22-18-14-10-4/h35-46,51-70,75-82H,7-34,47-50,71-74H2,1-4H3/b87-77-,88-78+. The predicted molar refractivity (Wildman–Crippen MR) is 536 cm³/mol. The molecular formula is C114H124N6S4. The molecule has 124 heavy (non-hydrogen) atoms. The monoisotopic (exact) mass is 1700 g/mol. The van der Waals surface area contributed by atoms with Crippen molar-refractivity contribution < 1.29 is 0 Å². The maximum Gasteiger partial charge on any atom is 0.263 e. The number of hydrogen-bond donors (Lipinski definition) is 0. The van der Waals surface area contributed by atoms with E-state index in [1.165, 1.54) is 268 Å². The highest BCUT2D eigenvalue weighted by Crippen LogP contribution is 2.61. The van der Waals surface area contributed by atoms with Crippen LogP contribution < -0.4 is 9.80 Å². The summed E-state index contributed by atoms with van der Waals surface area (Å²) in [6, 6.07) is 91.8. The van der Waals surface area contributed by atoms with E-state index in [0.29, 0.717) is 0 Å². The minimum Gasteiger partial charge on any atom is -0.310 e. The summed E-state index contributed by atoms with van der Waals surface area (Å²) >= 11 is 7.01. The number of anilines is 6. The summed E-state index contributed by atoms with van der Waals surface area (Å²) in [7, 11) is 0. The topological polar surface area (TPSA) is 62.8 Å². The molecule has 0 aliphatic heterocycles. The summed E-state index contributed by atoms with van der Waals surface area (Å²) in [5.41, 5.74) is 22.5. The Morgan fingerprint density at radius 3 is 0.847 bits per heavy atom. The molecule has 0 saturated heterocycles. The van der Waals surface area contributed by atoms with Crippen molar-refractivity contribution in [3.8, 4) is 85.9 Å². The molecule has 2 aliphatic carbocycles. The predicted octanol–water partition coefficient (Wildman–Crippen LogP) is 37.4. The number of thiophene rings is 4. The lowest BCUT2D eigenvalue weighted by Gasteiger charge is -2.34. The Kier molecular flexibility index (Phi) is 33.0. The Balaban J connectivity index is 0.974. The number of rotatable bonds is 49. The van der Waals surface area contributed by atoms with Crippen molar-refractivity contribution in [3.05, 3.63) is 297 Å². The molecule has 0 unspecified atom stereocenters. The highest BCUT2D eigenvalue weighted by atomic mass is 32.1. The molecular weight excluding hydrogens is 1580 g/mol. The molecule has 0 atom stereocenters. The van der Waals surface area contributed by atoms with Crippen molar-refractivity contribution in [1.82, 2.24) is 0 Å². The first-order chi connectivity index (χ1) is 61.2. The normalized spacial score (nSPS) is 12.9. The van der Waals surface area contributed by atoms with Crippen LogP contribution in [0, 0.1) is 35.8 Å². The smallest absolute Gasteiger partial charge is 0.263 e. The van der Waals surface area contributed by atoms with E-state index in [9.17, 15) is 10.5 Å². The third-order valence-electron chi connectivity index (χ3n) is 26.2. The molecule has 2 aliphatic rings. The Bertz CT molecular complexity index is 5180. The highest BCUT2D eigenvalue weighted by Gasteiger charge is 2.45. The van der Waals surface area contributed by atoms with E-state index in [1.807, 2.05) is 22.7 Å². The lowest BCUT2D eigenvalue weighted by atomic mass is 9.70. The van der Waals surface area contributed by atoms with Gasteiger partial charge in [-0.15, -0.1) is 45.3 Å². The van der Waals surface area contributed by atoms with Crippen molar-refractivity contribution in [2.75, 3.05) is 9.80 Å². The number of nitrogens with zero attached hydrogens (tertiary/aromatic N) is 6. The van der Waals surface area contributed by atoms with Crippen molar-refractivity contribution in [3.63, 3.8) is 0 Å². The van der Waals surface area contributed by atoms with Crippen LogP contribution in [0.1, 0.15) is 291 Å². The van der Waals surface area contributed by atoms with E-state index in [0.717, 1.165) is 103 Å². The van der Waals surface area contributed by atoms with E-state index in [1.54, 1.807) is 34.8 Å². The van der Waals surface area contributed by atoms with Gasteiger partial charge in [0.25, 0.3) is 11.4 Å². The van der Waals surface area contributed by atoms with Crippen LogP contribution in [0.2, 0.25) is 0 Å². The molecule has 0 amide bonds. The second-order valence-corrected chi connectivity index (χ2v) is 39.0. The minimum atomic E-state index is -0.277. The molecule has 10 heteroatoms. The van der Waals surface area contributed by atoms with Gasteiger partial charge in [-0.2, -0.15) is 0 Å². The zero-order valence-electron chi connectivity index (χ0n) is 73.9. The fraction of sp³-hybridized carbons (Fsp3) is 0.368. The summed E-state index contributed by atoms with van der Waals surface area (Å²) in [6.07, 6.45) is 48.0. The lowest BCUT2D eigenvalue weighted by molar-refractivity contribution is 0.397. The lowest BCUT2D eigenvalue weighted by Crippen LogP contribution is -2.26. The van der Waals surface area contributed by atoms with Crippen LogP contribution in [-0.2, 0) is 10.8 Å². The second-order valence-electron chi connectivity index (χ2n) is 34.7. The third-order valence-corrected chi connectivity index (χ3v) is 31.0. The second kappa shape index (κ2) is 45.5. The fourth-order valence-corrected chi connectivity index (χ4v) is 24.3. The van der Waals surface area contributed by atoms with Crippen molar-refractivity contribution in [1.29, 1.82) is 10.5 Å². The number of allylic oxidation sites excluding steroid dienone is 2. The number of benzene rings is 8. The van der Waals surface area contributed by atoms with Gasteiger partial charge in [0.1, 0.15) is 0 Å². The van der Waals surface area contributed by atoms with Crippen LogP contribution in [-0.4, -0.2) is 0 Å². The fourth-order valence-electron chi connectivity index (χ4n) is 19.7. The van der Waals surface area contributed by atoms with E-state index < -0.39 is 0 Å². The Labute approximate surface area is 758 Å². The van der Waals surface area contributed by atoms with Gasteiger partial charge in [0.15, 0.2) is 0 Å². The molecule has 634 valence electrons. The molecule has 4 aromatic heterocycles. The van der Waals surface area contributed by atoms with Crippen LogP contribution in [0.25, 0.3) is 95.6 Å². The molecule has 12 aromatic rings. The van der Waals surface area contributed by atoms with Gasteiger partial charge in [0.05, 0.1) is 35.0 Å². The van der Waals surface area contributed by atoms with Crippen LogP contribution in [0.5, 0.6) is 0 Å². The molecule has 0 bridgehead atoms. The van der Waals surface area contributed by atoms with E-state index >= 15 is 0 Å². The van der Waals surface area contributed by atoms with Gasteiger partial charge in [0.2, 0.25) is 0 Å². The average molecular weight is 1710 g/mol. The zero-order valence-corrected chi connectivity index (χ0v) is 77.1. The first-order valence-corrected chi connectivity index (χ1v) is 50.3. The number of hydrogen-bond acceptors (Lipinski definition) is 8.